The van der Waals surface area contributed by atoms with E-state index in [1.165, 1.54) is 105 Å². The second-order valence-electron chi connectivity index (χ2n) is 16.2. The molecular formula is C55H38N2. The van der Waals surface area contributed by atoms with Crippen LogP contribution in [0.1, 0.15) is 25.0 Å². The fraction of sp³-hybridized carbons (Fsp3) is 0.0545. The minimum absolute atomic E-state index is 0.0899. The van der Waals surface area contributed by atoms with Crippen molar-refractivity contribution in [1.82, 2.24) is 9.13 Å². The van der Waals surface area contributed by atoms with Crippen molar-refractivity contribution in [1.29, 1.82) is 0 Å². The van der Waals surface area contributed by atoms with Crippen LogP contribution in [0.15, 0.2) is 194 Å². The number of rotatable bonds is 4. The van der Waals surface area contributed by atoms with Gasteiger partial charge in [-0.25, -0.2) is 0 Å². The number of nitrogens with zero attached hydrogens (tertiary/aromatic N) is 2. The topological polar surface area (TPSA) is 9.86 Å². The number of hydrogen-bond donors (Lipinski definition) is 0. The van der Waals surface area contributed by atoms with Crippen LogP contribution in [0.2, 0.25) is 0 Å². The van der Waals surface area contributed by atoms with Gasteiger partial charge in [0.15, 0.2) is 0 Å². The summed E-state index contributed by atoms with van der Waals surface area (Å²) in [6, 6.07) is 71.9. The highest BCUT2D eigenvalue weighted by atomic mass is 15.0. The summed E-state index contributed by atoms with van der Waals surface area (Å²) in [6.45, 7) is 4.75. The van der Waals surface area contributed by atoms with Crippen molar-refractivity contribution in [3.8, 4) is 44.8 Å². The first-order chi connectivity index (χ1) is 28.0. The van der Waals surface area contributed by atoms with E-state index in [0.29, 0.717) is 0 Å². The maximum absolute atomic E-state index is 2.49. The molecule has 2 heteroatoms. The lowest BCUT2D eigenvalue weighted by Gasteiger charge is -2.21. The van der Waals surface area contributed by atoms with E-state index in [0.717, 1.165) is 5.69 Å². The van der Waals surface area contributed by atoms with Crippen molar-refractivity contribution in [3.05, 3.63) is 205 Å². The summed E-state index contributed by atoms with van der Waals surface area (Å²) in [7, 11) is 0. The van der Waals surface area contributed by atoms with E-state index in [-0.39, 0.29) is 5.41 Å². The molecule has 9 aromatic carbocycles. The number of benzene rings is 9. The molecule has 2 nitrogen and oxygen atoms in total. The lowest BCUT2D eigenvalue weighted by atomic mass is 9.82. The lowest BCUT2D eigenvalue weighted by Crippen LogP contribution is -2.14. The fourth-order valence-corrected chi connectivity index (χ4v) is 9.87. The van der Waals surface area contributed by atoms with Crippen LogP contribution >= 0.6 is 0 Å². The quantitative estimate of drug-likeness (QED) is 0.171. The first-order valence-electron chi connectivity index (χ1n) is 19.9. The van der Waals surface area contributed by atoms with E-state index in [4.69, 9.17) is 0 Å². The Hall–Kier alpha value is -7.16. The number of fused-ring (bicyclic) bond motifs is 10. The Morgan fingerprint density at radius 2 is 0.912 bits per heavy atom. The maximum atomic E-state index is 2.49. The first-order valence-corrected chi connectivity index (χ1v) is 19.9. The average Bonchev–Trinajstić information content (AvgIpc) is 3.85. The molecule has 0 aliphatic heterocycles. The highest BCUT2D eigenvalue weighted by molar-refractivity contribution is 6.14. The Labute approximate surface area is 331 Å². The second kappa shape index (κ2) is 11.9. The Morgan fingerprint density at radius 1 is 0.316 bits per heavy atom. The van der Waals surface area contributed by atoms with Gasteiger partial charge in [-0.2, -0.15) is 0 Å². The van der Waals surface area contributed by atoms with Crippen molar-refractivity contribution in [2.45, 2.75) is 19.3 Å². The molecule has 1 aliphatic carbocycles. The van der Waals surface area contributed by atoms with Gasteiger partial charge in [0, 0.05) is 38.3 Å². The maximum Gasteiger partial charge on any atom is 0.0544 e. The summed E-state index contributed by atoms with van der Waals surface area (Å²) in [5.41, 5.74) is 17.5. The summed E-state index contributed by atoms with van der Waals surface area (Å²) in [5.74, 6) is 0. The molecule has 0 radical (unpaired) electrons. The zero-order valence-corrected chi connectivity index (χ0v) is 31.9. The Bertz CT molecular complexity index is 3430. The summed E-state index contributed by atoms with van der Waals surface area (Å²) in [4.78, 5) is 0. The van der Waals surface area contributed by atoms with E-state index in [9.17, 15) is 0 Å². The van der Waals surface area contributed by atoms with Crippen molar-refractivity contribution in [2.75, 3.05) is 0 Å². The Kier molecular flexibility index (Phi) is 6.72. The average molecular weight is 727 g/mol. The molecule has 11 aromatic rings. The predicted molar refractivity (Wildman–Crippen MR) is 241 cm³/mol. The van der Waals surface area contributed by atoms with Crippen molar-refractivity contribution >= 4 is 54.4 Å². The van der Waals surface area contributed by atoms with Crippen molar-refractivity contribution in [2.24, 2.45) is 0 Å². The zero-order chi connectivity index (χ0) is 37.8. The molecule has 1 aliphatic rings. The van der Waals surface area contributed by atoms with E-state index in [1.807, 2.05) is 0 Å². The SMILES string of the molecule is CC1(C)c2ccccc2-c2cc3c4cc(-c5ccc6c(c5)c5ccccc5n6-c5cccc(-c6ccccc6)c5)ccc4n(-c4ccc5ccccc5c4)c3cc21. The molecule has 0 fully saturated rings. The van der Waals surface area contributed by atoms with Gasteiger partial charge in [-0.15, -0.1) is 0 Å². The third-order valence-electron chi connectivity index (χ3n) is 12.7. The van der Waals surface area contributed by atoms with Gasteiger partial charge in [0.2, 0.25) is 0 Å². The van der Waals surface area contributed by atoms with Crippen LogP contribution in [0.4, 0.5) is 0 Å². The van der Waals surface area contributed by atoms with Crippen LogP contribution in [0.5, 0.6) is 0 Å². The fourth-order valence-electron chi connectivity index (χ4n) is 9.87. The monoisotopic (exact) mass is 726 g/mol. The molecule has 0 bridgehead atoms. The van der Waals surface area contributed by atoms with E-state index < -0.39 is 0 Å². The smallest absolute Gasteiger partial charge is 0.0544 e. The summed E-state index contributed by atoms with van der Waals surface area (Å²) < 4.78 is 4.90. The van der Waals surface area contributed by atoms with E-state index in [2.05, 4.69) is 217 Å². The lowest BCUT2D eigenvalue weighted by molar-refractivity contribution is 0.661. The first kappa shape index (κ1) is 32.1. The van der Waals surface area contributed by atoms with Crippen LogP contribution in [-0.2, 0) is 5.41 Å². The molecule has 0 saturated heterocycles. The highest BCUT2D eigenvalue weighted by Crippen LogP contribution is 2.51. The highest BCUT2D eigenvalue weighted by Gasteiger charge is 2.36. The van der Waals surface area contributed by atoms with Crippen LogP contribution < -0.4 is 0 Å². The van der Waals surface area contributed by atoms with E-state index >= 15 is 0 Å². The van der Waals surface area contributed by atoms with Crippen molar-refractivity contribution < 1.29 is 0 Å². The molecule has 0 amide bonds. The van der Waals surface area contributed by atoms with Crippen LogP contribution in [-0.4, -0.2) is 9.13 Å². The molecule has 0 N–H and O–H groups in total. The zero-order valence-electron chi connectivity index (χ0n) is 31.9. The van der Waals surface area contributed by atoms with Crippen LogP contribution in [0.25, 0.3) is 99.1 Å². The van der Waals surface area contributed by atoms with Gasteiger partial charge in [0.1, 0.15) is 0 Å². The van der Waals surface area contributed by atoms with Gasteiger partial charge in [0.05, 0.1) is 22.1 Å². The van der Waals surface area contributed by atoms with Gasteiger partial charge in [0.25, 0.3) is 0 Å². The minimum Gasteiger partial charge on any atom is -0.309 e. The molecule has 12 rings (SSSR count). The number of hydrogen-bond acceptors (Lipinski definition) is 0. The Balaban J connectivity index is 1.07. The number of para-hydroxylation sites is 1. The molecule has 57 heavy (non-hydrogen) atoms. The third-order valence-corrected chi connectivity index (χ3v) is 12.7. The van der Waals surface area contributed by atoms with Crippen LogP contribution in [0, 0.1) is 0 Å². The molecule has 2 aromatic heterocycles. The summed E-state index contributed by atoms with van der Waals surface area (Å²) in [6.07, 6.45) is 0. The predicted octanol–water partition coefficient (Wildman–Crippen LogP) is 14.7. The van der Waals surface area contributed by atoms with Gasteiger partial charge < -0.3 is 9.13 Å². The summed E-state index contributed by atoms with van der Waals surface area (Å²) >= 11 is 0. The standard InChI is InChI=1S/C55H38N2/c1-55(2)49-21-10-8-19-43(49)45-33-48-47-32-40(25-28-53(47)57(54(48)34-50(45)55)42-26-23-36-15-6-7-16-37(36)30-42)39-24-27-52-46(31-39)44-20-9-11-22-51(44)56(52)41-18-12-17-38(29-41)35-13-4-3-5-14-35/h3-34H,1-2H3. The van der Waals surface area contributed by atoms with Gasteiger partial charge in [-0.1, -0.05) is 141 Å². The largest absolute Gasteiger partial charge is 0.309 e. The van der Waals surface area contributed by atoms with Gasteiger partial charge >= 0.3 is 0 Å². The third kappa shape index (κ3) is 4.71. The molecule has 0 unspecified atom stereocenters. The van der Waals surface area contributed by atoms with Gasteiger partial charge in [-0.3, -0.25) is 0 Å². The summed E-state index contributed by atoms with van der Waals surface area (Å²) in [5, 5.41) is 7.55. The Morgan fingerprint density at radius 3 is 1.74 bits per heavy atom. The molecule has 0 spiro atoms. The second-order valence-corrected chi connectivity index (χ2v) is 16.2. The molecule has 0 atom stereocenters. The minimum atomic E-state index is -0.0899. The van der Waals surface area contributed by atoms with Crippen LogP contribution in [0.3, 0.4) is 0 Å². The van der Waals surface area contributed by atoms with Crippen molar-refractivity contribution in [3.63, 3.8) is 0 Å². The molecule has 0 saturated carbocycles. The molecule has 2 heterocycles. The normalized spacial score (nSPS) is 13.2. The van der Waals surface area contributed by atoms with Gasteiger partial charge in [-0.05, 0) is 122 Å². The number of aromatic nitrogens is 2. The van der Waals surface area contributed by atoms with E-state index in [1.54, 1.807) is 0 Å². The molecular weight excluding hydrogens is 689 g/mol. The molecule has 268 valence electrons.